The van der Waals surface area contributed by atoms with Gasteiger partial charge in [-0.05, 0) is 162 Å². The Hall–Kier alpha value is -6.22. The first-order chi connectivity index (χ1) is 47.8. The van der Waals surface area contributed by atoms with E-state index in [0.29, 0.717) is 22.4 Å². The molecule has 0 fully saturated rings. The maximum atomic E-state index is 12.4. The van der Waals surface area contributed by atoms with Gasteiger partial charge in [0, 0.05) is 98.7 Å². The van der Waals surface area contributed by atoms with Crippen LogP contribution in [0.3, 0.4) is 0 Å². The van der Waals surface area contributed by atoms with Crippen LogP contribution in [0.2, 0.25) is 0 Å². The number of hydrogen-bond donors (Lipinski definition) is 2. The molecule has 23 nitrogen and oxygen atoms in total. The van der Waals surface area contributed by atoms with E-state index in [1.165, 1.54) is 104 Å². The van der Waals surface area contributed by atoms with Crippen LogP contribution in [0.5, 0.6) is 0 Å². The first kappa shape index (κ1) is 95.8. The van der Waals surface area contributed by atoms with Crippen LogP contribution in [0.4, 0.5) is 0 Å². The number of ether oxygens (including phenoxy) is 2. The van der Waals surface area contributed by atoms with Gasteiger partial charge >= 0.3 is 80.7 Å². The van der Waals surface area contributed by atoms with Crippen molar-refractivity contribution in [2.75, 3.05) is 13.7 Å². The second-order valence-electron chi connectivity index (χ2n) is 22.6. The van der Waals surface area contributed by atoms with Crippen LogP contribution in [0.25, 0.3) is 0 Å². The predicted octanol–water partition coefficient (Wildman–Crippen LogP) is 9.46. The van der Waals surface area contributed by atoms with Crippen molar-refractivity contribution in [1.82, 2.24) is 20.9 Å². The van der Waals surface area contributed by atoms with Crippen LogP contribution >= 0.6 is 40.8 Å². The largest absolute Gasteiger partial charge is 1.00 e. The number of aromatic nitrogens is 5. The number of aryl methyl sites for hydroxylation is 5. The van der Waals surface area contributed by atoms with Gasteiger partial charge in [0.05, 0.1) is 38.0 Å². The molecule has 0 bridgehead atoms. The second kappa shape index (κ2) is 46.1. The summed E-state index contributed by atoms with van der Waals surface area (Å²) in [5.41, 5.74) is 6.07. The zero-order chi connectivity index (χ0) is 78.1. The average Bonchev–Trinajstić information content (AvgIpc) is 1.59. The van der Waals surface area contributed by atoms with E-state index in [2.05, 4.69) is 14.5 Å². The summed E-state index contributed by atoms with van der Waals surface area (Å²) in [5, 5.41) is 18.9. The number of benzene rings is 5. The minimum atomic E-state index is -3.61. The molecule has 10 rings (SSSR count). The van der Waals surface area contributed by atoms with Crippen LogP contribution in [0, 0.1) is 34.6 Å². The molecule has 556 valence electrons. The SMILES string of the molecule is CC(=O)OC(C)=O.CC(=O)c1ccn(S(=O)(=O)c2ccc(C)cc2)c1.CC(C)(C)[O-].COC(=O)Cc1ccn(S(=O)(=O)c2ccc(C)cc2)c1.Cc1ccc(S(=O)(=O)Cl)cc1.Cc1ccc(S(=O)(=O)n2ccc(CCO)c2)cc1.Cc1ccc(S(=O)(=O)n2cccc2)cc1.[Cl][Al]([Cl])[Cl].[K+].c1cc[nH]c1. The van der Waals surface area contributed by atoms with Gasteiger partial charge in [0.1, 0.15) is 0 Å². The Balaban J connectivity index is 0.000000610. The smallest absolute Gasteiger partial charge is 0.850 e. The number of H-pyrrole nitrogens is 1. The van der Waals surface area contributed by atoms with Gasteiger partial charge < -0.3 is 24.7 Å². The van der Waals surface area contributed by atoms with E-state index >= 15 is 0 Å². The third-order valence-electron chi connectivity index (χ3n) is 12.6. The molecule has 0 amide bonds. The minimum Gasteiger partial charge on any atom is -0.850 e. The van der Waals surface area contributed by atoms with Gasteiger partial charge in [-0.25, -0.2) is 88.1 Å². The molecule has 5 heterocycles. The fourth-order valence-electron chi connectivity index (χ4n) is 7.48. The molecule has 0 radical (unpaired) electrons. The Labute approximate surface area is 673 Å². The average molecular weight is 1650 g/mol. The number of ketones is 1. The molecular weight excluding hydrogens is 1570 g/mol. The van der Waals surface area contributed by atoms with Crippen molar-refractivity contribution in [3.8, 4) is 0 Å². The third-order valence-corrected chi connectivity index (χ3v) is 20.5. The Kier molecular flexibility index (Phi) is 42.5. The summed E-state index contributed by atoms with van der Waals surface area (Å²) >= 11 is -1.72. The van der Waals surface area contributed by atoms with E-state index in [1.54, 1.807) is 154 Å². The van der Waals surface area contributed by atoms with Crippen molar-refractivity contribution in [3.05, 3.63) is 270 Å². The topological polar surface area (TPSA) is 336 Å². The number of nitrogens with one attached hydrogen (secondary N) is 1. The van der Waals surface area contributed by atoms with Gasteiger partial charge in [0.15, 0.2) is 5.78 Å². The van der Waals surface area contributed by atoms with Crippen LogP contribution in [0.15, 0.2) is 250 Å². The van der Waals surface area contributed by atoms with Crippen molar-refractivity contribution < 1.29 is 132 Å². The molecule has 0 saturated carbocycles. The number of aromatic amines is 1. The molecule has 34 heteroatoms. The standard InChI is InChI=1S/C14H15NO4S.C13H13NO3S.C13H15NO3S.C11H11NO2S.C7H7ClO2S.C4H5N.C4H6O3.C4H9O.Al.3ClH.K/c1-11-3-5-13(6-4-11)20(17,18)15-8-7-12(10-15)9-14(16)19-2;1-10-3-5-13(6-4-10)18(16,17)14-8-7-12(9-14)11(2)15;1-11-2-4-13(5-3-11)18(16,17)14-8-6-12(10-14)7-9-15;1-10-4-6-11(7-5-10)15(13,14)12-8-2-3-9-12;1-6-2-4-7(5-3-6)11(8,9)10;1-2-4-5-3-1;1-3(5)7-4(2)6;1-4(2,3)5;;;;;/h3-8,10H,9H2,1-2H3;3-9H,1-2H3;2-6,8,10,15H,7,9H2,1H3;2-9H,1H3;2-5H,1H3;1-5H;1-2H3;1-3H3;;3*1H;/q;;;;;;;-1;+3;;;;+1/p-3. The Morgan fingerprint density at radius 2 is 0.760 bits per heavy atom. The molecule has 0 unspecified atom stereocenters. The van der Waals surface area contributed by atoms with E-state index in [9.17, 15) is 66.4 Å². The normalized spacial score (nSPS) is 10.8. The maximum absolute atomic E-state index is 12.4. The monoisotopic (exact) mass is 1650 g/mol. The number of halogens is 4. The zero-order valence-corrected chi connectivity index (χ0v) is 70.7. The molecule has 104 heavy (non-hydrogen) atoms. The molecule has 10 aromatic rings. The van der Waals surface area contributed by atoms with E-state index in [1.807, 2.05) is 59.1 Å². The number of methoxy groups -OCH3 is 1. The van der Waals surface area contributed by atoms with Gasteiger partial charge in [0.25, 0.3) is 49.1 Å². The molecule has 5 aromatic heterocycles. The first-order valence-corrected chi connectivity index (χ1v) is 43.7. The number of Topliss-reactive ketones (excluding diaryl/α,β-unsaturated/α-hetero) is 1. The van der Waals surface area contributed by atoms with Crippen LogP contribution in [-0.4, -0.2) is 122 Å². The molecule has 5 aromatic carbocycles. The molecular formula is C70H81AlCl4KN5O18S5. The zero-order valence-electron chi connectivity index (χ0n) is 59.3. The fourth-order valence-corrected chi connectivity index (χ4v) is 13.1. The minimum absolute atomic E-state index is 0. The maximum Gasteiger partial charge on any atom is 1.00 e. The fraction of sp³-hybridized carbons (Fsp3) is 0.229. The molecule has 0 aliphatic carbocycles. The number of nitrogens with zero attached hydrogens (tertiary/aromatic N) is 4. The van der Waals surface area contributed by atoms with Crippen molar-refractivity contribution in [3.63, 3.8) is 0 Å². The third kappa shape index (κ3) is 36.4. The number of rotatable bonds is 14. The van der Waals surface area contributed by atoms with Crippen molar-refractivity contribution in [2.45, 2.75) is 119 Å². The summed E-state index contributed by atoms with van der Waals surface area (Å²) in [5.74, 6) is -1.69. The van der Waals surface area contributed by atoms with Gasteiger partial charge in [-0.1, -0.05) is 109 Å². The van der Waals surface area contributed by atoms with Crippen molar-refractivity contribution >= 4 is 125 Å². The molecule has 2 N–H and O–H groups in total. The number of carbonyl (C=O) groups is 4. The summed E-state index contributed by atoms with van der Waals surface area (Å²) in [6, 6.07) is 45.1. The van der Waals surface area contributed by atoms with Gasteiger partial charge in [-0.15, -0.1) is 5.60 Å². The molecule has 0 aliphatic rings. The van der Waals surface area contributed by atoms with Gasteiger partial charge in [0.2, 0.25) is 0 Å². The van der Waals surface area contributed by atoms with Gasteiger partial charge in [-0.2, -0.15) is 0 Å². The second-order valence-corrected chi connectivity index (χ2v) is 39.0. The summed E-state index contributed by atoms with van der Waals surface area (Å²) in [6.07, 6.45) is 15.9. The van der Waals surface area contributed by atoms with Crippen LogP contribution in [-0.2, 0) is 85.8 Å². The van der Waals surface area contributed by atoms with Crippen LogP contribution < -0.4 is 56.5 Å². The van der Waals surface area contributed by atoms with Crippen molar-refractivity contribution in [1.29, 1.82) is 0 Å². The Bertz CT molecular complexity index is 4810. The summed E-state index contributed by atoms with van der Waals surface area (Å²) in [7, 11) is 3.53. The molecule has 0 atom stereocenters. The number of aliphatic hydroxyl groups excluding tert-OH is 1. The Morgan fingerprint density at radius 1 is 0.471 bits per heavy atom. The summed E-state index contributed by atoms with van der Waals surface area (Å²) < 4.78 is 132. The molecule has 0 spiro atoms. The number of esters is 3. The van der Waals surface area contributed by atoms with E-state index < -0.39 is 84.0 Å². The van der Waals surface area contributed by atoms with Gasteiger partial charge in [-0.3, -0.25) is 19.2 Å². The molecule has 0 aliphatic heterocycles. The van der Waals surface area contributed by atoms with E-state index in [-0.39, 0.29) is 89.8 Å². The van der Waals surface area contributed by atoms with Crippen molar-refractivity contribution in [2.24, 2.45) is 0 Å². The Morgan fingerprint density at radius 3 is 1.02 bits per heavy atom. The predicted molar refractivity (Wildman–Crippen MR) is 400 cm³/mol. The summed E-state index contributed by atoms with van der Waals surface area (Å²) in [4.78, 5) is 45.9. The summed E-state index contributed by atoms with van der Waals surface area (Å²) in [6.45, 7) is 18.2. The number of carbonyl (C=O) groups excluding carboxylic acids is 4. The van der Waals surface area contributed by atoms with Crippen LogP contribution in [0.1, 0.15) is 90.8 Å². The number of hydrogen-bond acceptors (Lipinski definition) is 18. The molecule has 0 saturated heterocycles. The van der Waals surface area contributed by atoms with E-state index in [4.69, 9.17) is 45.9 Å². The first-order valence-electron chi connectivity index (χ1n) is 30.4. The quantitative estimate of drug-likeness (QED) is 0.0336. The van der Waals surface area contributed by atoms with E-state index in [0.717, 1.165) is 41.3 Å². The number of aliphatic hydroxyl groups is 1.